The third-order valence-electron chi connectivity index (χ3n) is 2.17. The fourth-order valence-corrected chi connectivity index (χ4v) is 2.39. The van der Waals surface area contributed by atoms with Gasteiger partial charge in [0.2, 0.25) is 10.0 Å². The number of aliphatic hydroxyl groups excluding tert-OH is 1. The van der Waals surface area contributed by atoms with Crippen molar-refractivity contribution in [3.63, 3.8) is 0 Å². The SMILES string of the molecule is N#Cc1ccc(S(=O)(=O)NC(CCO)C(=O)O)cn1. The van der Waals surface area contributed by atoms with Gasteiger partial charge in [0.15, 0.2) is 0 Å². The van der Waals surface area contributed by atoms with E-state index in [2.05, 4.69) is 4.98 Å². The van der Waals surface area contributed by atoms with Gasteiger partial charge in [0.1, 0.15) is 22.7 Å². The highest BCUT2D eigenvalue weighted by Crippen LogP contribution is 2.09. The molecule has 1 aromatic rings. The van der Waals surface area contributed by atoms with E-state index in [1.54, 1.807) is 6.07 Å². The van der Waals surface area contributed by atoms with E-state index in [1.807, 2.05) is 4.72 Å². The van der Waals surface area contributed by atoms with Crippen LogP contribution in [0.25, 0.3) is 0 Å². The second kappa shape index (κ2) is 6.24. The number of carboxylic acid groups (broad SMARTS) is 1. The number of rotatable bonds is 6. The zero-order valence-corrected chi connectivity index (χ0v) is 10.5. The quantitative estimate of drug-likeness (QED) is 0.613. The zero-order chi connectivity index (χ0) is 14.5. The third kappa shape index (κ3) is 3.99. The van der Waals surface area contributed by atoms with E-state index in [4.69, 9.17) is 15.5 Å². The summed E-state index contributed by atoms with van der Waals surface area (Å²) < 4.78 is 25.6. The molecule has 0 aromatic carbocycles. The van der Waals surface area contributed by atoms with E-state index in [0.717, 1.165) is 12.3 Å². The van der Waals surface area contributed by atoms with Crippen molar-refractivity contribution in [3.8, 4) is 6.07 Å². The number of nitriles is 1. The number of aliphatic hydroxyl groups is 1. The molecule has 1 heterocycles. The molecule has 102 valence electrons. The van der Waals surface area contributed by atoms with Gasteiger partial charge in [-0.15, -0.1) is 0 Å². The Morgan fingerprint density at radius 3 is 2.63 bits per heavy atom. The van der Waals surface area contributed by atoms with Crippen LogP contribution in [-0.4, -0.2) is 42.2 Å². The Kier molecular flexibility index (Phi) is 4.94. The molecule has 0 aliphatic rings. The Morgan fingerprint density at radius 1 is 1.53 bits per heavy atom. The Labute approximate surface area is 109 Å². The molecule has 0 saturated heterocycles. The van der Waals surface area contributed by atoms with Gasteiger partial charge in [-0.1, -0.05) is 0 Å². The number of aliphatic carboxylic acids is 1. The van der Waals surface area contributed by atoms with Crippen molar-refractivity contribution >= 4 is 16.0 Å². The van der Waals surface area contributed by atoms with Crippen LogP contribution < -0.4 is 4.72 Å². The fraction of sp³-hybridized carbons (Fsp3) is 0.300. The van der Waals surface area contributed by atoms with E-state index in [0.29, 0.717) is 0 Å². The standard InChI is InChI=1S/C10H11N3O5S/c11-5-7-1-2-8(6-12-7)19(17,18)13-9(3-4-14)10(15)16/h1-2,6,9,13-14H,3-4H2,(H,15,16). The summed E-state index contributed by atoms with van der Waals surface area (Å²) >= 11 is 0. The molecule has 1 atom stereocenters. The number of pyridine rings is 1. The maximum Gasteiger partial charge on any atom is 0.321 e. The second-order valence-electron chi connectivity index (χ2n) is 3.52. The Morgan fingerprint density at radius 2 is 2.21 bits per heavy atom. The van der Waals surface area contributed by atoms with Gasteiger partial charge in [0.25, 0.3) is 0 Å². The minimum atomic E-state index is -4.07. The second-order valence-corrected chi connectivity index (χ2v) is 5.23. The molecule has 0 radical (unpaired) electrons. The van der Waals surface area contributed by atoms with Crippen molar-refractivity contribution in [1.29, 1.82) is 5.26 Å². The summed E-state index contributed by atoms with van der Waals surface area (Å²) in [5.74, 6) is -1.39. The highest BCUT2D eigenvalue weighted by atomic mass is 32.2. The molecular weight excluding hydrogens is 274 g/mol. The maximum absolute atomic E-state index is 11.8. The monoisotopic (exact) mass is 285 g/mol. The first-order valence-electron chi connectivity index (χ1n) is 5.13. The molecule has 0 aliphatic heterocycles. The van der Waals surface area contributed by atoms with Gasteiger partial charge in [0, 0.05) is 12.8 Å². The summed E-state index contributed by atoms with van der Waals surface area (Å²) in [6.45, 7) is -0.467. The molecule has 1 aromatic heterocycles. The largest absolute Gasteiger partial charge is 0.480 e. The number of nitrogens with zero attached hydrogens (tertiary/aromatic N) is 2. The molecular formula is C10H11N3O5S. The minimum Gasteiger partial charge on any atom is -0.480 e. The molecule has 0 fully saturated rings. The van der Waals surface area contributed by atoms with Crippen LogP contribution in [0.15, 0.2) is 23.2 Å². The number of hydrogen-bond acceptors (Lipinski definition) is 6. The summed E-state index contributed by atoms with van der Waals surface area (Å²) in [5, 5.41) is 26.0. The molecule has 1 rings (SSSR count). The predicted octanol–water partition coefficient (Wildman–Crippen LogP) is -0.933. The van der Waals surface area contributed by atoms with Gasteiger partial charge in [0.05, 0.1) is 0 Å². The average Bonchev–Trinajstić information content (AvgIpc) is 2.38. The zero-order valence-electron chi connectivity index (χ0n) is 9.65. The van der Waals surface area contributed by atoms with Crippen LogP contribution in [0.3, 0.4) is 0 Å². The summed E-state index contributed by atoms with van der Waals surface area (Å²) in [5.41, 5.74) is 0.0455. The van der Waals surface area contributed by atoms with Gasteiger partial charge in [-0.05, 0) is 18.6 Å². The Bertz CT molecular complexity index is 591. The lowest BCUT2D eigenvalue weighted by molar-refractivity contribution is -0.139. The molecule has 0 saturated carbocycles. The average molecular weight is 285 g/mol. The highest BCUT2D eigenvalue weighted by Gasteiger charge is 2.25. The lowest BCUT2D eigenvalue weighted by atomic mass is 10.2. The van der Waals surface area contributed by atoms with Crippen molar-refractivity contribution in [2.45, 2.75) is 17.4 Å². The van der Waals surface area contributed by atoms with Crippen molar-refractivity contribution in [1.82, 2.24) is 9.71 Å². The van der Waals surface area contributed by atoms with E-state index in [-0.39, 0.29) is 17.0 Å². The van der Waals surface area contributed by atoms with Crippen molar-refractivity contribution in [2.24, 2.45) is 0 Å². The maximum atomic E-state index is 11.8. The molecule has 3 N–H and O–H groups in total. The van der Waals surface area contributed by atoms with Crippen molar-refractivity contribution in [3.05, 3.63) is 24.0 Å². The van der Waals surface area contributed by atoms with E-state index >= 15 is 0 Å². The molecule has 9 heteroatoms. The molecule has 8 nitrogen and oxygen atoms in total. The number of hydrogen-bond donors (Lipinski definition) is 3. The lowest BCUT2D eigenvalue weighted by Gasteiger charge is -2.13. The normalized spacial score (nSPS) is 12.6. The predicted molar refractivity (Wildman–Crippen MR) is 62.4 cm³/mol. The molecule has 0 aliphatic carbocycles. The highest BCUT2D eigenvalue weighted by molar-refractivity contribution is 7.89. The van der Waals surface area contributed by atoms with E-state index in [1.165, 1.54) is 6.07 Å². The van der Waals surface area contributed by atoms with E-state index < -0.39 is 28.6 Å². The van der Waals surface area contributed by atoms with Gasteiger partial charge < -0.3 is 10.2 Å². The van der Waals surface area contributed by atoms with Crippen LogP contribution in [0, 0.1) is 11.3 Å². The molecule has 0 amide bonds. The number of nitrogens with one attached hydrogen (secondary N) is 1. The van der Waals surface area contributed by atoms with Crippen molar-refractivity contribution < 1.29 is 23.4 Å². The fourth-order valence-electron chi connectivity index (χ4n) is 1.22. The van der Waals surface area contributed by atoms with Crippen LogP contribution in [0.5, 0.6) is 0 Å². The van der Waals surface area contributed by atoms with Crippen molar-refractivity contribution in [2.75, 3.05) is 6.61 Å². The topological polar surface area (TPSA) is 140 Å². The summed E-state index contributed by atoms with van der Waals surface area (Å²) in [6.07, 6.45) is 0.705. The summed E-state index contributed by atoms with van der Waals surface area (Å²) in [6, 6.07) is 2.66. The summed E-state index contributed by atoms with van der Waals surface area (Å²) in [4.78, 5) is 14.1. The number of aromatic nitrogens is 1. The van der Waals surface area contributed by atoms with Gasteiger partial charge in [-0.3, -0.25) is 4.79 Å². The van der Waals surface area contributed by atoms with Crippen LogP contribution >= 0.6 is 0 Å². The number of sulfonamides is 1. The molecule has 0 bridgehead atoms. The summed E-state index contributed by atoms with van der Waals surface area (Å²) in [7, 11) is -4.07. The van der Waals surface area contributed by atoms with Gasteiger partial charge >= 0.3 is 5.97 Å². The first kappa shape index (κ1) is 15.0. The molecule has 0 spiro atoms. The minimum absolute atomic E-state index is 0.0455. The van der Waals surface area contributed by atoms with Crippen LogP contribution in [-0.2, 0) is 14.8 Å². The number of carbonyl (C=O) groups is 1. The smallest absolute Gasteiger partial charge is 0.321 e. The van der Waals surface area contributed by atoms with Crippen LogP contribution in [0.2, 0.25) is 0 Å². The molecule has 19 heavy (non-hydrogen) atoms. The Balaban J connectivity index is 2.96. The van der Waals surface area contributed by atoms with Crippen LogP contribution in [0.4, 0.5) is 0 Å². The van der Waals surface area contributed by atoms with Gasteiger partial charge in [-0.25, -0.2) is 13.4 Å². The first-order valence-corrected chi connectivity index (χ1v) is 6.61. The van der Waals surface area contributed by atoms with E-state index in [9.17, 15) is 13.2 Å². The van der Waals surface area contributed by atoms with Crippen LogP contribution in [0.1, 0.15) is 12.1 Å². The number of carboxylic acids is 1. The Hall–Kier alpha value is -2.02. The van der Waals surface area contributed by atoms with Gasteiger partial charge in [-0.2, -0.15) is 9.98 Å². The first-order chi connectivity index (χ1) is 8.90. The lowest BCUT2D eigenvalue weighted by Crippen LogP contribution is -2.41. The molecule has 1 unspecified atom stereocenters. The third-order valence-corrected chi connectivity index (χ3v) is 3.63.